The van der Waals surface area contributed by atoms with Crippen molar-refractivity contribution < 1.29 is 4.79 Å². The molecule has 1 aliphatic heterocycles. The first-order valence-electron chi connectivity index (χ1n) is 6.95. The third kappa shape index (κ3) is 2.64. The number of aromatic nitrogens is 2. The van der Waals surface area contributed by atoms with Gasteiger partial charge < -0.3 is 5.32 Å². The molecular weight excluding hydrogens is 226 g/mol. The molecular formula is C14H23N3O. The smallest absolute Gasteiger partial charge is 0.144 e. The molecule has 0 radical (unpaired) electrons. The fraction of sp³-hybridized carbons (Fsp3) is 0.714. The lowest BCUT2D eigenvalue weighted by Crippen LogP contribution is -2.34. The van der Waals surface area contributed by atoms with Gasteiger partial charge in [0.25, 0.3) is 0 Å². The largest absolute Gasteiger partial charge is 0.316 e. The van der Waals surface area contributed by atoms with Crippen molar-refractivity contribution in [2.45, 2.75) is 46.1 Å². The second-order valence-electron chi connectivity index (χ2n) is 5.26. The van der Waals surface area contributed by atoms with Gasteiger partial charge in [0, 0.05) is 31.1 Å². The molecule has 1 fully saturated rings. The molecule has 0 saturated carbocycles. The molecule has 1 atom stereocenters. The molecule has 1 N–H and O–H groups in total. The number of hydrogen-bond acceptors (Lipinski definition) is 3. The third-order valence-corrected chi connectivity index (χ3v) is 3.94. The van der Waals surface area contributed by atoms with E-state index in [-0.39, 0.29) is 5.41 Å². The highest BCUT2D eigenvalue weighted by Crippen LogP contribution is 2.33. The molecule has 1 unspecified atom stereocenters. The van der Waals surface area contributed by atoms with Gasteiger partial charge in [0.05, 0.1) is 6.20 Å². The minimum atomic E-state index is -0.122. The maximum Gasteiger partial charge on any atom is 0.144 e. The Morgan fingerprint density at radius 3 is 2.94 bits per heavy atom. The van der Waals surface area contributed by atoms with Gasteiger partial charge in [0.2, 0.25) is 0 Å². The van der Waals surface area contributed by atoms with Crippen LogP contribution >= 0.6 is 0 Å². The number of carbonyl (C=O) groups excluding carboxylic acids is 1. The summed E-state index contributed by atoms with van der Waals surface area (Å²) in [6.45, 7) is 6.89. The van der Waals surface area contributed by atoms with Crippen LogP contribution in [0.3, 0.4) is 0 Å². The van der Waals surface area contributed by atoms with E-state index in [1.165, 1.54) is 0 Å². The number of hydrogen-bond donors (Lipinski definition) is 1. The van der Waals surface area contributed by atoms with Gasteiger partial charge in [0.15, 0.2) is 0 Å². The van der Waals surface area contributed by atoms with E-state index in [9.17, 15) is 4.79 Å². The summed E-state index contributed by atoms with van der Waals surface area (Å²) in [7, 11) is 0. The maximum atomic E-state index is 12.5. The number of nitrogens with zero attached hydrogens (tertiary/aromatic N) is 2. The Bertz CT molecular complexity index is 405. The first-order chi connectivity index (χ1) is 8.70. The van der Waals surface area contributed by atoms with Crippen LogP contribution in [0.15, 0.2) is 12.4 Å². The summed E-state index contributed by atoms with van der Waals surface area (Å²) in [5.74, 6) is 0.380. The van der Waals surface area contributed by atoms with Gasteiger partial charge in [-0.15, -0.1) is 0 Å². The highest BCUT2D eigenvalue weighted by molar-refractivity contribution is 5.87. The minimum Gasteiger partial charge on any atom is -0.316 e. The van der Waals surface area contributed by atoms with E-state index in [2.05, 4.69) is 24.3 Å². The molecule has 0 aromatic carbocycles. The van der Waals surface area contributed by atoms with Crippen molar-refractivity contribution in [1.82, 2.24) is 15.1 Å². The van der Waals surface area contributed by atoms with Crippen LogP contribution in [0.1, 0.15) is 38.7 Å². The normalized spacial score (nSPS) is 23.4. The number of carbonyl (C=O) groups is 1. The fourth-order valence-electron chi connectivity index (χ4n) is 2.86. The molecule has 1 saturated heterocycles. The lowest BCUT2D eigenvalue weighted by Gasteiger charge is -2.25. The summed E-state index contributed by atoms with van der Waals surface area (Å²) >= 11 is 0. The van der Waals surface area contributed by atoms with Crippen LogP contribution < -0.4 is 5.32 Å². The Balaban J connectivity index is 2.05. The minimum absolute atomic E-state index is 0.122. The number of ketones is 1. The lowest BCUT2D eigenvalue weighted by molar-refractivity contribution is -0.127. The van der Waals surface area contributed by atoms with Gasteiger partial charge >= 0.3 is 0 Å². The van der Waals surface area contributed by atoms with Gasteiger partial charge in [0.1, 0.15) is 5.78 Å². The molecule has 1 aromatic heterocycles. The molecule has 0 amide bonds. The van der Waals surface area contributed by atoms with Crippen molar-refractivity contribution in [3.63, 3.8) is 0 Å². The van der Waals surface area contributed by atoms with E-state index in [1.807, 2.05) is 17.1 Å². The molecule has 4 heteroatoms. The summed E-state index contributed by atoms with van der Waals surface area (Å²) in [5, 5.41) is 7.57. The molecule has 1 aromatic rings. The van der Waals surface area contributed by atoms with E-state index in [0.29, 0.717) is 12.2 Å². The number of rotatable bonds is 6. The van der Waals surface area contributed by atoms with Crippen LogP contribution in [0.4, 0.5) is 0 Å². The van der Waals surface area contributed by atoms with Gasteiger partial charge in [-0.3, -0.25) is 9.48 Å². The fourth-order valence-corrected chi connectivity index (χ4v) is 2.86. The zero-order valence-electron chi connectivity index (χ0n) is 11.4. The Kier molecular flexibility index (Phi) is 4.17. The van der Waals surface area contributed by atoms with Crippen LogP contribution in [0, 0.1) is 5.41 Å². The van der Waals surface area contributed by atoms with Gasteiger partial charge in [-0.05, 0) is 31.9 Å². The summed E-state index contributed by atoms with van der Waals surface area (Å²) in [6, 6.07) is 0. The van der Waals surface area contributed by atoms with Crippen molar-refractivity contribution in [3.05, 3.63) is 18.0 Å². The molecule has 0 spiro atoms. The molecule has 2 heterocycles. The SMILES string of the molecule is CCCC1(C(=O)Cc2cnn(CC)c2)CCNC1. The average Bonchev–Trinajstić information content (AvgIpc) is 2.99. The Labute approximate surface area is 109 Å². The van der Waals surface area contributed by atoms with E-state index in [0.717, 1.165) is 44.5 Å². The standard InChI is InChI=1S/C14H23N3O/c1-3-5-14(6-7-15-11-14)13(18)8-12-9-16-17(4-2)10-12/h9-10,15H,3-8,11H2,1-2H3. The second-order valence-corrected chi connectivity index (χ2v) is 5.26. The van der Waals surface area contributed by atoms with Crippen molar-refractivity contribution >= 4 is 5.78 Å². The average molecular weight is 249 g/mol. The van der Waals surface area contributed by atoms with E-state index >= 15 is 0 Å². The Morgan fingerprint density at radius 2 is 2.39 bits per heavy atom. The van der Waals surface area contributed by atoms with E-state index < -0.39 is 0 Å². The highest BCUT2D eigenvalue weighted by Gasteiger charge is 2.39. The second kappa shape index (κ2) is 5.65. The monoisotopic (exact) mass is 249 g/mol. The summed E-state index contributed by atoms with van der Waals surface area (Å²) < 4.78 is 1.88. The summed E-state index contributed by atoms with van der Waals surface area (Å²) in [4.78, 5) is 12.5. The van der Waals surface area contributed by atoms with Crippen molar-refractivity contribution in [3.8, 4) is 0 Å². The van der Waals surface area contributed by atoms with Crippen LogP contribution in [-0.2, 0) is 17.8 Å². The quantitative estimate of drug-likeness (QED) is 0.836. The zero-order chi connectivity index (χ0) is 13.0. The van der Waals surface area contributed by atoms with Gasteiger partial charge in [-0.1, -0.05) is 13.3 Å². The number of aryl methyl sites for hydroxylation is 1. The van der Waals surface area contributed by atoms with Gasteiger partial charge in [-0.25, -0.2) is 0 Å². The highest BCUT2D eigenvalue weighted by atomic mass is 16.1. The summed E-state index contributed by atoms with van der Waals surface area (Å²) in [6.07, 6.45) is 7.40. The predicted molar refractivity (Wildman–Crippen MR) is 71.4 cm³/mol. The topological polar surface area (TPSA) is 46.9 Å². The van der Waals surface area contributed by atoms with E-state index in [4.69, 9.17) is 0 Å². The van der Waals surface area contributed by atoms with Gasteiger partial charge in [-0.2, -0.15) is 5.10 Å². The maximum absolute atomic E-state index is 12.5. The summed E-state index contributed by atoms with van der Waals surface area (Å²) in [5.41, 5.74) is 0.924. The Hall–Kier alpha value is -1.16. The molecule has 18 heavy (non-hydrogen) atoms. The first-order valence-corrected chi connectivity index (χ1v) is 6.95. The third-order valence-electron chi connectivity index (χ3n) is 3.94. The molecule has 0 aliphatic carbocycles. The van der Waals surface area contributed by atoms with Crippen LogP contribution in [-0.4, -0.2) is 28.7 Å². The van der Waals surface area contributed by atoms with Crippen LogP contribution in [0.2, 0.25) is 0 Å². The van der Waals surface area contributed by atoms with Crippen LogP contribution in [0.25, 0.3) is 0 Å². The first kappa shape index (κ1) is 13.3. The van der Waals surface area contributed by atoms with E-state index in [1.54, 1.807) is 0 Å². The number of Topliss-reactive ketones (excluding diaryl/α,β-unsaturated/α-hetero) is 1. The lowest BCUT2D eigenvalue weighted by atomic mass is 9.77. The van der Waals surface area contributed by atoms with Crippen LogP contribution in [0.5, 0.6) is 0 Å². The zero-order valence-corrected chi connectivity index (χ0v) is 11.4. The van der Waals surface area contributed by atoms with Crippen molar-refractivity contribution in [2.24, 2.45) is 5.41 Å². The molecule has 0 bridgehead atoms. The van der Waals surface area contributed by atoms with Crippen molar-refractivity contribution in [1.29, 1.82) is 0 Å². The van der Waals surface area contributed by atoms with Crippen molar-refractivity contribution in [2.75, 3.05) is 13.1 Å². The predicted octanol–water partition coefficient (Wildman–Crippen LogP) is 1.79. The molecule has 4 nitrogen and oxygen atoms in total. The molecule has 100 valence electrons. The molecule has 2 rings (SSSR count). The Morgan fingerprint density at radius 1 is 1.56 bits per heavy atom. The number of nitrogens with one attached hydrogen (secondary N) is 1. The molecule has 1 aliphatic rings.